The SMILES string of the molecule is Nc1ncnc2c1ncn2C1CC(N)C(CO)O1. The molecule has 0 radical (unpaired) electrons. The summed E-state index contributed by atoms with van der Waals surface area (Å²) in [5, 5.41) is 9.13. The van der Waals surface area contributed by atoms with E-state index in [0.29, 0.717) is 23.4 Å². The van der Waals surface area contributed by atoms with E-state index in [1.54, 1.807) is 10.9 Å². The lowest BCUT2D eigenvalue weighted by Gasteiger charge is -2.13. The van der Waals surface area contributed by atoms with Gasteiger partial charge in [0.1, 0.15) is 18.1 Å². The highest BCUT2D eigenvalue weighted by Gasteiger charge is 2.34. The molecule has 0 aromatic carbocycles. The molecule has 0 bridgehead atoms. The molecule has 8 heteroatoms. The lowest BCUT2D eigenvalue weighted by Crippen LogP contribution is -2.32. The van der Waals surface area contributed by atoms with Crippen LogP contribution in [-0.4, -0.2) is 43.4 Å². The Kier molecular flexibility index (Phi) is 2.62. The van der Waals surface area contributed by atoms with E-state index in [4.69, 9.17) is 21.3 Å². The molecule has 96 valence electrons. The number of fused-ring (bicyclic) bond motifs is 1. The first kappa shape index (κ1) is 11.3. The Morgan fingerprint density at radius 3 is 3.00 bits per heavy atom. The summed E-state index contributed by atoms with van der Waals surface area (Å²) in [5.41, 5.74) is 12.8. The third-order valence-electron chi connectivity index (χ3n) is 3.16. The Morgan fingerprint density at radius 1 is 1.44 bits per heavy atom. The van der Waals surface area contributed by atoms with Crippen molar-refractivity contribution in [1.82, 2.24) is 19.5 Å². The van der Waals surface area contributed by atoms with Gasteiger partial charge in [-0.2, -0.15) is 0 Å². The number of rotatable bonds is 2. The van der Waals surface area contributed by atoms with Crippen LogP contribution in [0.1, 0.15) is 12.6 Å². The van der Waals surface area contributed by atoms with Gasteiger partial charge in [-0.1, -0.05) is 0 Å². The maximum absolute atomic E-state index is 9.13. The van der Waals surface area contributed by atoms with Gasteiger partial charge in [-0.15, -0.1) is 0 Å². The molecule has 8 nitrogen and oxygen atoms in total. The summed E-state index contributed by atoms with van der Waals surface area (Å²) in [7, 11) is 0. The van der Waals surface area contributed by atoms with E-state index in [9.17, 15) is 0 Å². The molecule has 1 fully saturated rings. The minimum absolute atomic E-state index is 0.0958. The number of ether oxygens (including phenoxy) is 1. The molecule has 0 amide bonds. The number of nitrogens with two attached hydrogens (primary N) is 2. The standard InChI is InChI=1S/C10H14N6O2/c11-5-1-7(18-6(5)2-17)16-4-15-8-9(12)13-3-14-10(8)16/h3-7,17H,1-2,11H2,(H2,12,13,14). The van der Waals surface area contributed by atoms with Crippen molar-refractivity contribution in [1.29, 1.82) is 0 Å². The normalized spacial score (nSPS) is 28.0. The molecule has 5 N–H and O–H groups in total. The average Bonchev–Trinajstić information content (AvgIpc) is 2.93. The highest BCUT2D eigenvalue weighted by molar-refractivity contribution is 5.81. The predicted molar refractivity (Wildman–Crippen MR) is 63.3 cm³/mol. The summed E-state index contributed by atoms with van der Waals surface area (Å²) in [6, 6.07) is -0.198. The van der Waals surface area contributed by atoms with E-state index < -0.39 is 0 Å². The fourth-order valence-corrected chi connectivity index (χ4v) is 2.18. The maximum atomic E-state index is 9.13. The van der Waals surface area contributed by atoms with E-state index in [2.05, 4.69) is 15.0 Å². The summed E-state index contributed by atoms with van der Waals surface area (Å²) in [4.78, 5) is 12.2. The molecule has 2 aromatic rings. The second kappa shape index (κ2) is 4.16. The summed E-state index contributed by atoms with van der Waals surface area (Å²) in [6.45, 7) is -0.0958. The van der Waals surface area contributed by atoms with Crippen LogP contribution in [0, 0.1) is 0 Å². The summed E-state index contributed by atoms with van der Waals surface area (Å²) in [6.07, 6.45) is 2.95. The number of aliphatic hydroxyl groups excluding tert-OH is 1. The molecule has 2 aromatic heterocycles. The molecule has 3 rings (SSSR count). The topological polar surface area (TPSA) is 125 Å². The van der Waals surface area contributed by atoms with Gasteiger partial charge in [0.05, 0.1) is 19.0 Å². The first-order valence-electron chi connectivity index (χ1n) is 5.65. The number of imidazole rings is 1. The quantitative estimate of drug-likeness (QED) is 0.625. The molecule has 18 heavy (non-hydrogen) atoms. The molecule has 3 atom stereocenters. The molecular weight excluding hydrogens is 236 g/mol. The molecule has 1 aliphatic rings. The van der Waals surface area contributed by atoms with Crippen molar-refractivity contribution in [3.8, 4) is 0 Å². The predicted octanol–water partition coefficient (Wildman–Crippen LogP) is -0.984. The van der Waals surface area contributed by atoms with E-state index in [1.807, 2.05) is 0 Å². The van der Waals surface area contributed by atoms with Gasteiger partial charge in [0.15, 0.2) is 11.5 Å². The molecule has 1 aliphatic heterocycles. The van der Waals surface area contributed by atoms with Gasteiger partial charge in [0.2, 0.25) is 0 Å². The van der Waals surface area contributed by atoms with Crippen LogP contribution >= 0.6 is 0 Å². The van der Waals surface area contributed by atoms with E-state index >= 15 is 0 Å². The van der Waals surface area contributed by atoms with Crippen molar-refractivity contribution in [3.05, 3.63) is 12.7 Å². The Labute approximate surface area is 103 Å². The molecular formula is C10H14N6O2. The zero-order valence-corrected chi connectivity index (χ0v) is 9.60. The molecule has 1 saturated heterocycles. The molecule has 0 saturated carbocycles. The zero-order chi connectivity index (χ0) is 12.7. The van der Waals surface area contributed by atoms with Gasteiger partial charge < -0.3 is 21.3 Å². The second-order valence-corrected chi connectivity index (χ2v) is 4.29. The van der Waals surface area contributed by atoms with Crippen molar-refractivity contribution in [3.63, 3.8) is 0 Å². The lowest BCUT2D eigenvalue weighted by atomic mass is 10.1. The van der Waals surface area contributed by atoms with Crippen LogP contribution in [-0.2, 0) is 4.74 Å². The molecule has 3 unspecified atom stereocenters. The van der Waals surface area contributed by atoms with Crippen LogP contribution in [0.15, 0.2) is 12.7 Å². The van der Waals surface area contributed by atoms with Gasteiger partial charge in [-0.05, 0) is 0 Å². The Balaban J connectivity index is 1.99. The number of anilines is 1. The first-order chi connectivity index (χ1) is 8.70. The number of hydrogen-bond donors (Lipinski definition) is 3. The number of nitrogen functional groups attached to an aromatic ring is 1. The smallest absolute Gasteiger partial charge is 0.167 e. The first-order valence-corrected chi connectivity index (χ1v) is 5.65. The van der Waals surface area contributed by atoms with Crippen LogP contribution in [0.3, 0.4) is 0 Å². The summed E-state index contributed by atoms with van der Waals surface area (Å²) in [5.74, 6) is 0.333. The van der Waals surface area contributed by atoms with Gasteiger partial charge in [-0.3, -0.25) is 4.57 Å². The van der Waals surface area contributed by atoms with Crippen LogP contribution in [0.4, 0.5) is 5.82 Å². The fourth-order valence-electron chi connectivity index (χ4n) is 2.18. The van der Waals surface area contributed by atoms with E-state index in [1.165, 1.54) is 6.33 Å². The number of nitrogens with zero attached hydrogens (tertiary/aromatic N) is 4. The lowest BCUT2D eigenvalue weighted by molar-refractivity contribution is -0.0233. The second-order valence-electron chi connectivity index (χ2n) is 4.29. The monoisotopic (exact) mass is 250 g/mol. The Bertz CT molecular complexity index is 570. The van der Waals surface area contributed by atoms with E-state index in [-0.39, 0.29) is 25.0 Å². The minimum atomic E-state index is -0.355. The Hall–Kier alpha value is -1.77. The van der Waals surface area contributed by atoms with Crippen molar-refractivity contribution in [2.75, 3.05) is 12.3 Å². The van der Waals surface area contributed by atoms with E-state index in [0.717, 1.165) is 0 Å². The van der Waals surface area contributed by atoms with Gasteiger partial charge in [0.25, 0.3) is 0 Å². The molecule has 0 aliphatic carbocycles. The highest BCUT2D eigenvalue weighted by Crippen LogP contribution is 2.30. The number of hydrogen-bond acceptors (Lipinski definition) is 7. The molecule has 0 spiro atoms. The average molecular weight is 250 g/mol. The summed E-state index contributed by atoms with van der Waals surface area (Å²) < 4.78 is 7.43. The van der Waals surface area contributed by atoms with Crippen molar-refractivity contribution in [2.45, 2.75) is 24.8 Å². The largest absolute Gasteiger partial charge is 0.394 e. The van der Waals surface area contributed by atoms with Crippen molar-refractivity contribution < 1.29 is 9.84 Å². The van der Waals surface area contributed by atoms with Crippen LogP contribution in [0.25, 0.3) is 11.2 Å². The third-order valence-corrected chi connectivity index (χ3v) is 3.16. The highest BCUT2D eigenvalue weighted by atomic mass is 16.5. The minimum Gasteiger partial charge on any atom is -0.394 e. The van der Waals surface area contributed by atoms with Gasteiger partial charge in [-0.25, -0.2) is 15.0 Å². The van der Waals surface area contributed by atoms with Crippen molar-refractivity contribution >= 4 is 17.0 Å². The number of aliphatic hydroxyl groups is 1. The van der Waals surface area contributed by atoms with Gasteiger partial charge in [0, 0.05) is 12.5 Å². The summed E-state index contributed by atoms with van der Waals surface area (Å²) >= 11 is 0. The third kappa shape index (κ3) is 1.62. The van der Waals surface area contributed by atoms with Crippen LogP contribution in [0.5, 0.6) is 0 Å². The maximum Gasteiger partial charge on any atom is 0.167 e. The molecule has 3 heterocycles. The van der Waals surface area contributed by atoms with Crippen molar-refractivity contribution in [2.24, 2.45) is 5.73 Å². The number of aromatic nitrogens is 4. The Morgan fingerprint density at radius 2 is 2.28 bits per heavy atom. The zero-order valence-electron chi connectivity index (χ0n) is 9.60. The van der Waals surface area contributed by atoms with Gasteiger partial charge >= 0.3 is 0 Å². The fraction of sp³-hybridized carbons (Fsp3) is 0.500. The van der Waals surface area contributed by atoms with Crippen LogP contribution in [0.2, 0.25) is 0 Å². The van der Waals surface area contributed by atoms with Crippen LogP contribution < -0.4 is 11.5 Å².